The van der Waals surface area contributed by atoms with Crippen molar-refractivity contribution in [1.29, 1.82) is 0 Å². The summed E-state index contributed by atoms with van der Waals surface area (Å²) >= 11 is 4.96. The summed E-state index contributed by atoms with van der Waals surface area (Å²) in [6.07, 6.45) is 5.05. The van der Waals surface area contributed by atoms with Crippen LogP contribution in [-0.2, 0) is 11.3 Å². The minimum absolute atomic E-state index is 0.360. The first-order valence-electron chi connectivity index (χ1n) is 6.33. The largest absolute Gasteiger partial charge is 0.388 e. The van der Waals surface area contributed by atoms with Gasteiger partial charge in [-0.3, -0.25) is 9.88 Å². The molecule has 3 heterocycles. The van der Waals surface area contributed by atoms with Crippen LogP contribution < -0.4 is 5.73 Å². The van der Waals surface area contributed by atoms with Crippen LogP contribution in [0.5, 0.6) is 0 Å². The minimum Gasteiger partial charge on any atom is -0.388 e. The highest BCUT2D eigenvalue weighted by molar-refractivity contribution is 7.80. The highest BCUT2D eigenvalue weighted by atomic mass is 32.1. The van der Waals surface area contributed by atoms with Gasteiger partial charge in [0.25, 0.3) is 0 Å². The number of aromatic nitrogens is 1. The van der Waals surface area contributed by atoms with Crippen molar-refractivity contribution in [2.24, 2.45) is 5.73 Å². The Kier molecular flexibility index (Phi) is 3.28. The van der Waals surface area contributed by atoms with Gasteiger partial charge in [-0.05, 0) is 30.5 Å². The SMILES string of the molecule is NC(=S)c1cc(CN2CC3CCC(C2)O3)ccn1. The highest BCUT2D eigenvalue weighted by Gasteiger charge is 2.33. The fourth-order valence-corrected chi connectivity index (χ4v) is 2.91. The van der Waals surface area contributed by atoms with E-state index in [1.54, 1.807) is 6.20 Å². The topological polar surface area (TPSA) is 51.4 Å². The van der Waals surface area contributed by atoms with Crippen LogP contribution in [-0.4, -0.2) is 40.2 Å². The molecule has 0 aromatic carbocycles. The summed E-state index contributed by atoms with van der Waals surface area (Å²) in [5.74, 6) is 0. The van der Waals surface area contributed by atoms with E-state index in [1.807, 2.05) is 12.1 Å². The standard InChI is InChI=1S/C13H17N3OS/c14-13(18)12-5-9(3-4-15-12)6-16-7-10-1-2-11(8-16)17-10/h3-5,10-11H,1-2,6-8H2,(H2,14,18). The Morgan fingerprint density at radius 1 is 1.44 bits per heavy atom. The van der Waals surface area contributed by atoms with E-state index in [4.69, 9.17) is 22.7 Å². The van der Waals surface area contributed by atoms with Gasteiger partial charge in [0.05, 0.1) is 17.9 Å². The molecule has 2 aliphatic heterocycles. The molecule has 0 amide bonds. The second kappa shape index (κ2) is 4.91. The lowest BCUT2D eigenvalue weighted by atomic mass is 10.2. The number of hydrogen-bond donors (Lipinski definition) is 1. The smallest absolute Gasteiger partial charge is 0.122 e. The zero-order valence-corrected chi connectivity index (χ0v) is 11.0. The first-order chi connectivity index (χ1) is 8.70. The van der Waals surface area contributed by atoms with Gasteiger partial charge in [-0.25, -0.2) is 0 Å². The molecule has 0 aliphatic carbocycles. The Bertz CT molecular complexity index is 453. The molecule has 1 aromatic rings. The van der Waals surface area contributed by atoms with Crippen molar-refractivity contribution in [1.82, 2.24) is 9.88 Å². The molecular formula is C13H17N3OS. The zero-order chi connectivity index (χ0) is 12.5. The van der Waals surface area contributed by atoms with Gasteiger partial charge in [0.1, 0.15) is 4.99 Å². The summed E-state index contributed by atoms with van der Waals surface area (Å²) in [6, 6.07) is 4.01. The number of nitrogens with two attached hydrogens (primary N) is 1. The van der Waals surface area contributed by atoms with Crippen LogP contribution in [0.4, 0.5) is 0 Å². The molecule has 2 fully saturated rings. The fraction of sp³-hybridized carbons (Fsp3) is 0.538. The fourth-order valence-electron chi connectivity index (χ4n) is 2.79. The molecule has 0 radical (unpaired) electrons. The van der Waals surface area contributed by atoms with Crippen molar-refractivity contribution in [3.8, 4) is 0 Å². The Labute approximate surface area is 112 Å². The van der Waals surface area contributed by atoms with E-state index in [1.165, 1.54) is 18.4 Å². The van der Waals surface area contributed by atoms with Gasteiger partial charge in [0, 0.05) is 25.8 Å². The molecule has 5 heteroatoms. The van der Waals surface area contributed by atoms with E-state index in [9.17, 15) is 0 Å². The second-order valence-corrected chi connectivity index (χ2v) is 5.50. The third kappa shape index (κ3) is 2.53. The lowest BCUT2D eigenvalue weighted by Crippen LogP contribution is -2.42. The number of thiocarbonyl (C=S) groups is 1. The highest BCUT2D eigenvalue weighted by Crippen LogP contribution is 2.27. The quantitative estimate of drug-likeness (QED) is 0.827. The molecule has 96 valence electrons. The predicted octanol–water partition coefficient (Wildman–Crippen LogP) is 1.08. The lowest BCUT2D eigenvalue weighted by molar-refractivity contribution is -0.0410. The van der Waals surface area contributed by atoms with E-state index in [0.29, 0.717) is 22.9 Å². The van der Waals surface area contributed by atoms with Crippen molar-refractivity contribution < 1.29 is 4.74 Å². The van der Waals surface area contributed by atoms with Crippen LogP contribution in [0.1, 0.15) is 24.1 Å². The molecule has 3 rings (SSSR count). The van der Waals surface area contributed by atoms with Gasteiger partial charge in [0.15, 0.2) is 0 Å². The predicted molar refractivity (Wildman–Crippen MR) is 73.3 cm³/mol. The summed E-state index contributed by atoms with van der Waals surface area (Å²) in [4.78, 5) is 6.97. The second-order valence-electron chi connectivity index (χ2n) is 5.07. The van der Waals surface area contributed by atoms with Crippen molar-refractivity contribution >= 4 is 17.2 Å². The molecule has 2 unspecified atom stereocenters. The molecule has 2 N–H and O–H groups in total. The molecule has 2 atom stereocenters. The number of ether oxygens (including phenoxy) is 1. The van der Waals surface area contributed by atoms with Gasteiger partial charge in [-0.1, -0.05) is 12.2 Å². The van der Waals surface area contributed by atoms with E-state index in [2.05, 4.69) is 9.88 Å². The van der Waals surface area contributed by atoms with E-state index < -0.39 is 0 Å². The zero-order valence-electron chi connectivity index (χ0n) is 10.2. The molecule has 1 aromatic heterocycles. The van der Waals surface area contributed by atoms with Gasteiger partial charge in [-0.15, -0.1) is 0 Å². The van der Waals surface area contributed by atoms with Crippen LogP contribution in [0.15, 0.2) is 18.3 Å². The molecule has 4 nitrogen and oxygen atoms in total. The number of hydrogen-bond acceptors (Lipinski definition) is 4. The van der Waals surface area contributed by atoms with Crippen LogP contribution in [0, 0.1) is 0 Å². The molecule has 2 bridgehead atoms. The lowest BCUT2D eigenvalue weighted by Gasteiger charge is -2.32. The monoisotopic (exact) mass is 263 g/mol. The number of pyridine rings is 1. The number of nitrogens with zero attached hydrogens (tertiary/aromatic N) is 2. The molecule has 0 spiro atoms. The van der Waals surface area contributed by atoms with E-state index in [-0.39, 0.29) is 0 Å². The van der Waals surface area contributed by atoms with E-state index in [0.717, 1.165) is 19.6 Å². The van der Waals surface area contributed by atoms with Gasteiger partial charge in [0.2, 0.25) is 0 Å². The van der Waals surface area contributed by atoms with Crippen LogP contribution in [0.25, 0.3) is 0 Å². The number of morpholine rings is 1. The minimum atomic E-state index is 0.360. The Hall–Kier alpha value is -1.04. The van der Waals surface area contributed by atoms with E-state index >= 15 is 0 Å². The first-order valence-corrected chi connectivity index (χ1v) is 6.74. The molecule has 2 aliphatic rings. The van der Waals surface area contributed by atoms with Crippen molar-refractivity contribution in [2.45, 2.75) is 31.6 Å². The summed E-state index contributed by atoms with van der Waals surface area (Å²) in [7, 11) is 0. The van der Waals surface area contributed by atoms with Gasteiger partial charge < -0.3 is 10.5 Å². The van der Waals surface area contributed by atoms with Crippen molar-refractivity contribution in [3.05, 3.63) is 29.6 Å². The summed E-state index contributed by atoms with van der Waals surface area (Å²) < 4.78 is 5.83. The average molecular weight is 263 g/mol. The van der Waals surface area contributed by atoms with Crippen LogP contribution >= 0.6 is 12.2 Å². The molecule has 2 saturated heterocycles. The number of likely N-dealkylation sites (tertiary alicyclic amines) is 1. The first kappa shape index (κ1) is 12.0. The third-order valence-corrected chi connectivity index (χ3v) is 3.81. The normalized spacial score (nSPS) is 27.3. The molecule has 0 saturated carbocycles. The molecule has 18 heavy (non-hydrogen) atoms. The Morgan fingerprint density at radius 2 is 2.17 bits per heavy atom. The van der Waals surface area contributed by atoms with Gasteiger partial charge >= 0.3 is 0 Å². The third-order valence-electron chi connectivity index (χ3n) is 3.60. The molecular weight excluding hydrogens is 246 g/mol. The maximum absolute atomic E-state index is 5.83. The maximum Gasteiger partial charge on any atom is 0.122 e. The maximum atomic E-state index is 5.83. The Balaban J connectivity index is 1.69. The van der Waals surface area contributed by atoms with Gasteiger partial charge in [-0.2, -0.15) is 0 Å². The number of fused-ring (bicyclic) bond motifs is 2. The Morgan fingerprint density at radius 3 is 2.83 bits per heavy atom. The summed E-state index contributed by atoms with van der Waals surface area (Å²) in [5, 5.41) is 0. The van der Waals surface area contributed by atoms with Crippen molar-refractivity contribution in [3.63, 3.8) is 0 Å². The summed E-state index contributed by atoms with van der Waals surface area (Å²) in [5.41, 5.74) is 7.53. The van der Waals surface area contributed by atoms with Crippen LogP contribution in [0.2, 0.25) is 0 Å². The average Bonchev–Trinajstić information content (AvgIpc) is 2.69. The number of rotatable bonds is 3. The van der Waals surface area contributed by atoms with Crippen LogP contribution in [0.3, 0.4) is 0 Å². The summed E-state index contributed by atoms with van der Waals surface area (Å²) in [6.45, 7) is 2.98. The van der Waals surface area contributed by atoms with Crippen molar-refractivity contribution in [2.75, 3.05) is 13.1 Å².